The fourth-order valence-corrected chi connectivity index (χ4v) is 3.17. The molecular weight excluding hydrogens is 346 g/mol. The lowest BCUT2D eigenvalue weighted by molar-refractivity contribution is -0.384. The molecule has 0 spiro atoms. The van der Waals surface area contributed by atoms with Crippen LogP contribution in [0.2, 0.25) is 0 Å². The Morgan fingerprint density at radius 2 is 1.85 bits per heavy atom. The Hall–Kier alpha value is -2.94. The molecule has 1 aliphatic rings. The van der Waals surface area contributed by atoms with Crippen molar-refractivity contribution in [3.05, 3.63) is 46.1 Å². The van der Waals surface area contributed by atoms with Gasteiger partial charge in [0.2, 0.25) is 11.8 Å². The number of nitro groups is 1. The maximum atomic E-state index is 11.3. The number of aromatic nitrogens is 2. The highest BCUT2D eigenvalue weighted by Crippen LogP contribution is 2.26. The Kier molecular flexibility index (Phi) is 6.02. The van der Waals surface area contributed by atoms with E-state index in [0.29, 0.717) is 30.6 Å². The molecule has 9 heteroatoms. The third-order valence-electron chi connectivity index (χ3n) is 4.85. The minimum Gasteiger partial charge on any atom is -0.399 e. The first-order valence-corrected chi connectivity index (χ1v) is 9.10. The molecule has 0 unspecified atom stereocenters. The van der Waals surface area contributed by atoms with E-state index < -0.39 is 4.92 Å². The van der Waals surface area contributed by atoms with Crippen molar-refractivity contribution in [1.82, 2.24) is 9.97 Å². The van der Waals surface area contributed by atoms with Crippen LogP contribution in [0.1, 0.15) is 31.2 Å². The van der Waals surface area contributed by atoms with Gasteiger partial charge >= 0.3 is 5.69 Å². The molecule has 27 heavy (non-hydrogen) atoms. The molecule has 2 aromatic rings. The van der Waals surface area contributed by atoms with Crippen LogP contribution in [-0.2, 0) is 6.54 Å². The van der Waals surface area contributed by atoms with Crippen molar-refractivity contribution in [2.45, 2.75) is 38.3 Å². The molecule has 0 saturated heterocycles. The van der Waals surface area contributed by atoms with Gasteiger partial charge in [-0.15, -0.1) is 0 Å². The van der Waals surface area contributed by atoms with E-state index in [9.17, 15) is 10.1 Å². The Balaban J connectivity index is 1.64. The number of hydrogen-bond donors (Lipinski definition) is 4. The van der Waals surface area contributed by atoms with Gasteiger partial charge in [-0.3, -0.25) is 10.1 Å². The van der Waals surface area contributed by atoms with Crippen molar-refractivity contribution in [1.29, 1.82) is 0 Å². The maximum Gasteiger partial charge on any atom is 0.329 e. The molecule has 0 radical (unpaired) electrons. The first kappa shape index (κ1) is 18.8. The standard InChI is InChI=1S/C18H25N7O2/c19-14-5-1-12(2-6-14)9-21-17-16(25(26)27)11-23-18(24-17)22-10-13-3-7-15(20)8-4-13/h3-4,7-8,11-12,14H,1-2,5-6,9-10,19-20H2,(H2,21,22,23,24). The highest BCUT2D eigenvalue weighted by Gasteiger charge is 2.21. The van der Waals surface area contributed by atoms with Crippen molar-refractivity contribution in [2.75, 3.05) is 22.9 Å². The van der Waals surface area contributed by atoms with Gasteiger partial charge in [-0.25, -0.2) is 4.98 Å². The van der Waals surface area contributed by atoms with E-state index >= 15 is 0 Å². The predicted molar refractivity (Wildman–Crippen MR) is 105 cm³/mol. The van der Waals surface area contributed by atoms with Gasteiger partial charge in [0.05, 0.1) is 4.92 Å². The third kappa shape index (κ3) is 5.27. The summed E-state index contributed by atoms with van der Waals surface area (Å²) in [5.74, 6) is 1.03. The zero-order chi connectivity index (χ0) is 19.2. The van der Waals surface area contributed by atoms with E-state index in [2.05, 4.69) is 20.6 Å². The quantitative estimate of drug-likeness (QED) is 0.330. The van der Waals surface area contributed by atoms with Gasteiger partial charge in [0, 0.05) is 24.8 Å². The monoisotopic (exact) mass is 371 g/mol. The minimum atomic E-state index is -0.469. The van der Waals surface area contributed by atoms with Crippen LogP contribution < -0.4 is 22.1 Å². The lowest BCUT2D eigenvalue weighted by Crippen LogP contribution is -2.29. The summed E-state index contributed by atoms with van der Waals surface area (Å²) in [7, 11) is 0. The molecule has 1 aromatic carbocycles. The van der Waals surface area contributed by atoms with Crippen LogP contribution in [0, 0.1) is 16.0 Å². The second-order valence-electron chi connectivity index (χ2n) is 6.94. The molecule has 3 rings (SSSR count). The average Bonchev–Trinajstić information content (AvgIpc) is 2.67. The van der Waals surface area contributed by atoms with E-state index in [0.717, 1.165) is 31.2 Å². The average molecular weight is 371 g/mol. The van der Waals surface area contributed by atoms with E-state index in [-0.39, 0.29) is 17.5 Å². The maximum absolute atomic E-state index is 11.3. The highest BCUT2D eigenvalue weighted by atomic mass is 16.6. The summed E-state index contributed by atoms with van der Waals surface area (Å²) in [5.41, 5.74) is 13.2. The molecule has 0 bridgehead atoms. The number of benzene rings is 1. The molecule has 0 aliphatic heterocycles. The number of nitrogens with one attached hydrogen (secondary N) is 2. The van der Waals surface area contributed by atoms with Crippen molar-refractivity contribution < 1.29 is 4.92 Å². The van der Waals surface area contributed by atoms with Gasteiger partial charge in [0.25, 0.3) is 0 Å². The molecule has 0 atom stereocenters. The van der Waals surface area contributed by atoms with Crippen LogP contribution in [0.3, 0.4) is 0 Å². The fraction of sp³-hybridized carbons (Fsp3) is 0.444. The third-order valence-corrected chi connectivity index (χ3v) is 4.85. The lowest BCUT2D eigenvalue weighted by atomic mass is 9.86. The van der Waals surface area contributed by atoms with Crippen molar-refractivity contribution >= 4 is 23.1 Å². The summed E-state index contributed by atoms with van der Waals surface area (Å²) in [6.07, 6.45) is 5.27. The summed E-state index contributed by atoms with van der Waals surface area (Å²) < 4.78 is 0. The van der Waals surface area contributed by atoms with Gasteiger partial charge in [-0.2, -0.15) is 4.98 Å². The highest BCUT2D eigenvalue weighted by molar-refractivity contribution is 5.57. The largest absolute Gasteiger partial charge is 0.399 e. The summed E-state index contributed by atoms with van der Waals surface area (Å²) in [5, 5.41) is 17.5. The zero-order valence-electron chi connectivity index (χ0n) is 15.1. The normalized spacial score (nSPS) is 19.4. The van der Waals surface area contributed by atoms with Crippen molar-refractivity contribution in [3.8, 4) is 0 Å². The van der Waals surface area contributed by atoms with Gasteiger partial charge in [-0.1, -0.05) is 12.1 Å². The molecule has 0 amide bonds. The molecule has 1 saturated carbocycles. The van der Waals surface area contributed by atoms with Crippen molar-refractivity contribution in [2.24, 2.45) is 11.7 Å². The van der Waals surface area contributed by atoms with E-state index in [1.807, 2.05) is 24.3 Å². The smallest absolute Gasteiger partial charge is 0.329 e. The molecule has 9 nitrogen and oxygen atoms in total. The number of hydrogen-bond acceptors (Lipinski definition) is 8. The van der Waals surface area contributed by atoms with E-state index in [1.54, 1.807) is 0 Å². The number of anilines is 3. The SMILES string of the molecule is Nc1ccc(CNc2ncc([N+](=O)[O-])c(NCC3CCC(N)CC3)n2)cc1. The fourth-order valence-electron chi connectivity index (χ4n) is 3.17. The van der Waals surface area contributed by atoms with Gasteiger partial charge in [-0.05, 0) is 49.3 Å². The molecular formula is C18H25N7O2. The van der Waals surface area contributed by atoms with E-state index in [4.69, 9.17) is 11.5 Å². The summed E-state index contributed by atoms with van der Waals surface area (Å²) in [6, 6.07) is 7.72. The summed E-state index contributed by atoms with van der Waals surface area (Å²) in [6.45, 7) is 1.14. The Morgan fingerprint density at radius 1 is 1.15 bits per heavy atom. The molecule has 1 heterocycles. The van der Waals surface area contributed by atoms with Crippen LogP contribution >= 0.6 is 0 Å². The summed E-state index contributed by atoms with van der Waals surface area (Å²) in [4.78, 5) is 19.2. The second-order valence-corrected chi connectivity index (χ2v) is 6.94. The van der Waals surface area contributed by atoms with Crippen molar-refractivity contribution in [3.63, 3.8) is 0 Å². The Labute approximate surface area is 157 Å². The topological polar surface area (TPSA) is 145 Å². The van der Waals surface area contributed by atoms with Gasteiger partial charge < -0.3 is 22.1 Å². The van der Waals surface area contributed by atoms with Gasteiger partial charge in [0.1, 0.15) is 6.20 Å². The van der Waals surface area contributed by atoms with E-state index in [1.165, 1.54) is 6.20 Å². The number of nitrogens with zero attached hydrogens (tertiary/aromatic N) is 3. The number of rotatable bonds is 7. The molecule has 1 aromatic heterocycles. The number of nitrogen functional groups attached to an aromatic ring is 1. The summed E-state index contributed by atoms with van der Waals surface area (Å²) >= 11 is 0. The minimum absolute atomic E-state index is 0.124. The lowest BCUT2D eigenvalue weighted by Gasteiger charge is -2.26. The Bertz CT molecular complexity index is 774. The first-order valence-electron chi connectivity index (χ1n) is 9.10. The first-order chi connectivity index (χ1) is 13.0. The second kappa shape index (κ2) is 8.63. The van der Waals surface area contributed by atoms with Crippen LogP contribution in [0.5, 0.6) is 0 Å². The van der Waals surface area contributed by atoms with Crippen LogP contribution in [-0.4, -0.2) is 27.5 Å². The van der Waals surface area contributed by atoms with Crippen LogP contribution in [0.25, 0.3) is 0 Å². The molecule has 6 N–H and O–H groups in total. The number of nitrogens with two attached hydrogens (primary N) is 2. The molecule has 1 aliphatic carbocycles. The van der Waals surface area contributed by atoms with Gasteiger partial charge in [0.15, 0.2) is 0 Å². The molecule has 144 valence electrons. The Morgan fingerprint density at radius 3 is 2.52 bits per heavy atom. The predicted octanol–water partition coefficient (Wildman–Crippen LogP) is 2.51. The zero-order valence-corrected chi connectivity index (χ0v) is 15.1. The van der Waals surface area contributed by atoms with Crippen LogP contribution in [0.15, 0.2) is 30.5 Å². The van der Waals surface area contributed by atoms with Crippen LogP contribution in [0.4, 0.5) is 23.1 Å². The molecule has 1 fully saturated rings.